The van der Waals surface area contributed by atoms with E-state index in [1.807, 2.05) is 6.07 Å². The van der Waals surface area contributed by atoms with Crippen LogP contribution in [0.3, 0.4) is 0 Å². The normalized spacial score (nSPS) is 15.3. The predicted octanol–water partition coefficient (Wildman–Crippen LogP) is 1.53. The molecule has 1 heterocycles. The molecule has 1 aliphatic rings. The molecule has 0 fully saturated rings. The van der Waals surface area contributed by atoms with E-state index in [4.69, 9.17) is 10.5 Å². The fourth-order valence-corrected chi connectivity index (χ4v) is 3.19. The summed E-state index contributed by atoms with van der Waals surface area (Å²) in [6.45, 7) is 9.78. The van der Waals surface area contributed by atoms with Gasteiger partial charge in [-0.1, -0.05) is 0 Å². The van der Waals surface area contributed by atoms with Gasteiger partial charge in [0.25, 0.3) is 5.91 Å². The standard InChI is InChI=1S/C18H27N5O3/c1-11(2)22(12(3)4)8-9-23-15-7-6-13(26-5)10-14(15)16(17(23)24)20-21-18(19)25/h6-7,10-12H,8-9H2,1-5H3,(H3,19,21,25)/b20-16+. The zero-order valence-electron chi connectivity index (χ0n) is 15.9. The van der Waals surface area contributed by atoms with Gasteiger partial charge in [0.15, 0.2) is 5.71 Å². The number of hydrogen-bond donors (Lipinski definition) is 2. The number of methoxy groups -OCH3 is 1. The molecule has 8 heteroatoms. The number of anilines is 1. The van der Waals surface area contributed by atoms with Gasteiger partial charge >= 0.3 is 6.03 Å². The van der Waals surface area contributed by atoms with E-state index in [0.29, 0.717) is 29.9 Å². The van der Waals surface area contributed by atoms with Crippen molar-refractivity contribution in [3.05, 3.63) is 23.8 Å². The fraction of sp³-hybridized carbons (Fsp3) is 0.500. The van der Waals surface area contributed by atoms with Crippen LogP contribution in [0.25, 0.3) is 0 Å². The monoisotopic (exact) mass is 361 g/mol. The van der Waals surface area contributed by atoms with E-state index in [0.717, 1.165) is 12.2 Å². The molecular formula is C18H27N5O3. The van der Waals surface area contributed by atoms with Gasteiger partial charge in [-0.25, -0.2) is 10.2 Å². The Morgan fingerprint density at radius 2 is 1.96 bits per heavy atom. The van der Waals surface area contributed by atoms with Crippen molar-refractivity contribution in [3.63, 3.8) is 0 Å². The quantitative estimate of drug-likeness (QED) is 0.719. The number of primary amides is 1. The number of urea groups is 1. The van der Waals surface area contributed by atoms with Crippen molar-refractivity contribution in [1.82, 2.24) is 10.3 Å². The minimum absolute atomic E-state index is 0.151. The van der Waals surface area contributed by atoms with E-state index in [-0.39, 0.29) is 11.6 Å². The third-order valence-corrected chi connectivity index (χ3v) is 4.38. The van der Waals surface area contributed by atoms with Gasteiger partial charge in [-0.15, -0.1) is 0 Å². The van der Waals surface area contributed by atoms with Gasteiger partial charge in [0.2, 0.25) is 0 Å². The molecule has 0 aromatic heterocycles. The number of hydrogen-bond acceptors (Lipinski definition) is 5. The van der Waals surface area contributed by atoms with Gasteiger partial charge in [0.1, 0.15) is 5.75 Å². The molecule has 0 saturated carbocycles. The number of hydrazone groups is 1. The van der Waals surface area contributed by atoms with E-state index < -0.39 is 6.03 Å². The van der Waals surface area contributed by atoms with E-state index in [1.54, 1.807) is 24.1 Å². The molecule has 3 amide bonds. The van der Waals surface area contributed by atoms with Crippen molar-refractivity contribution in [3.8, 4) is 5.75 Å². The van der Waals surface area contributed by atoms with Crippen LogP contribution in [0.2, 0.25) is 0 Å². The number of amides is 3. The molecule has 1 aliphatic heterocycles. The lowest BCUT2D eigenvalue weighted by molar-refractivity contribution is -0.112. The molecule has 0 bridgehead atoms. The minimum atomic E-state index is -0.820. The molecule has 1 aromatic carbocycles. The number of carbonyl (C=O) groups is 2. The van der Waals surface area contributed by atoms with Crippen LogP contribution < -0.4 is 20.8 Å². The first-order chi connectivity index (χ1) is 12.3. The SMILES string of the molecule is COc1ccc2c(c1)/C(=N\NC(N)=O)C(=O)N2CCN(C(C)C)C(C)C. The average molecular weight is 361 g/mol. The van der Waals surface area contributed by atoms with Crippen molar-refractivity contribution >= 4 is 23.3 Å². The second-order valence-electron chi connectivity index (χ2n) is 6.70. The Bertz CT molecular complexity index is 707. The fourth-order valence-electron chi connectivity index (χ4n) is 3.19. The minimum Gasteiger partial charge on any atom is -0.497 e. The second-order valence-corrected chi connectivity index (χ2v) is 6.70. The Labute approximate surface area is 154 Å². The smallest absolute Gasteiger partial charge is 0.332 e. The van der Waals surface area contributed by atoms with Gasteiger partial charge in [-0.2, -0.15) is 5.10 Å². The first-order valence-electron chi connectivity index (χ1n) is 8.65. The molecule has 142 valence electrons. The third-order valence-electron chi connectivity index (χ3n) is 4.38. The lowest BCUT2D eigenvalue weighted by Gasteiger charge is -2.32. The summed E-state index contributed by atoms with van der Waals surface area (Å²) in [4.78, 5) is 27.8. The van der Waals surface area contributed by atoms with Crippen LogP contribution >= 0.6 is 0 Å². The van der Waals surface area contributed by atoms with Gasteiger partial charge in [-0.05, 0) is 45.9 Å². The number of benzene rings is 1. The van der Waals surface area contributed by atoms with Crippen molar-refractivity contribution in [1.29, 1.82) is 0 Å². The van der Waals surface area contributed by atoms with E-state index >= 15 is 0 Å². The maximum absolute atomic E-state index is 12.9. The molecule has 0 spiro atoms. The summed E-state index contributed by atoms with van der Waals surface area (Å²) in [6.07, 6.45) is 0. The summed E-state index contributed by atoms with van der Waals surface area (Å²) in [5.74, 6) is 0.339. The molecule has 8 nitrogen and oxygen atoms in total. The van der Waals surface area contributed by atoms with Crippen LogP contribution in [0.5, 0.6) is 5.75 Å². The lowest BCUT2D eigenvalue weighted by Crippen LogP contribution is -2.44. The molecule has 0 saturated heterocycles. The molecule has 3 N–H and O–H groups in total. The Balaban J connectivity index is 2.32. The molecule has 1 aromatic rings. The molecule has 26 heavy (non-hydrogen) atoms. The Morgan fingerprint density at radius 3 is 2.50 bits per heavy atom. The first kappa shape index (κ1) is 19.7. The molecule has 0 atom stereocenters. The van der Waals surface area contributed by atoms with Crippen LogP contribution in [0, 0.1) is 0 Å². The maximum Gasteiger partial charge on any atom is 0.332 e. The zero-order chi connectivity index (χ0) is 19.4. The Hall–Kier alpha value is -2.61. The Morgan fingerprint density at radius 1 is 1.31 bits per heavy atom. The summed E-state index contributed by atoms with van der Waals surface area (Å²) >= 11 is 0. The van der Waals surface area contributed by atoms with Crippen molar-refractivity contribution in [2.75, 3.05) is 25.1 Å². The number of nitrogens with zero attached hydrogens (tertiary/aromatic N) is 3. The predicted molar refractivity (Wildman–Crippen MR) is 102 cm³/mol. The zero-order valence-corrected chi connectivity index (χ0v) is 15.9. The van der Waals surface area contributed by atoms with Crippen molar-refractivity contribution in [2.45, 2.75) is 39.8 Å². The van der Waals surface area contributed by atoms with Gasteiger partial charge in [0.05, 0.1) is 12.8 Å². The van der Waals surface area contributed by atoms with Gasteiger partial charge in [-0.3, -0.25) is 9.69 Å². The number of fused-ring (bicyclic) bond motifs is 1. The summed E-state index contributed by atoms with van der Waals surface area (Å²) in [7, 11) is 1.55. The highest BCUT2D eigenvalue weighted by atomic mass is 16.5. The highest BCUT2D eigenvalue weighted by molar-refractivity contribution is 6.54. The molecule has 2 rings (SSSR count). The molecule has 0 unspecified atom stereocenters. The third kappa shape index (κ3) is 4.13. The van der Waals surface area contributed by atoms with E-state index in [9.17, 15) is 9.59 Å². The average Bonchev–Trinajstić information content (AvgIpc) is 2.83. The summed E-state index contributed by atoms with van der Waals surface area (Å²) in [5.41, 5.74) is 8.73. The van der Waals surface area contributed by atoms with Crippen LogP contribution in [0.15, 0.2) is 23.3 Å². The van der Waals surface area contributed by atoms with Crippen LogP contribution in [-0.4, -0.2) is 54.8 Å². The summed E-state index contributed by atoms with van der Waals surface area (Å²) < 4.78 is 5.24. The summed E-state index contributed by atoms with van der Waals surface area (Å²) in [6, 6.07) is 5.27. The van der Waals surface area contributed by atoms with Crippen LogP contribution in [0.1, 0.15) is 33.3 Å². The lowest BCUT2D eigenvalue weighted by atomic mass is 10.1. The molecule has 0 radical (unpaired) electrons. The van der Waals surface area contributed by atoms with Crippen LogP contribution in [0.4, 0.5) is 10.5 Å². The number of nitrogens with one attached hydrogen (secondary N) is 1. The largest absolute Gasteiger partial charge is 0.497 e. The highest BCUT2D eigenvalue weighted by Gasteiger charge is 2.35. The number of ether oxygens (including phenoxy) is 1. The summed E-state index contributed by atoms with van der Waals surface area (Å²) in [5, 5.41) is 3.90. The number of nitrogens with two attached hydrogens (primary N) is 1. The van der Waals surface area contributed by atoms with E-state index in [2.05, 4.69) is 43.1 Å². The van der Waals surface area contributed by atoms with Crippen molar-refractivity contribution in [2.24, 2.45) is 10.8 Å². The molecule has 0 aliphatic carbocycles. The first-order valence-corrected chi connectivity index (χ1v) is 8.65. The second kappa shape index (κ2) is 8.18. The topological polar surface area (TPSA) is 100 Å². The maximum atomic E-state index is 12.9. The van der Waals surface area contributed by atoms with Crippen molar-refractivity contribution < 1.29 is 14.3 Å². The Kier molecular flexibility index (Phi) is 6.20. The molecular weight excluding hydrogens is 334 g/mol. The van der Waals surface area contributed by atoms with Gasteiger partial charge in [0, 0.05) is 30.7 Å². The van der Waals surface area contributed by atoms with E-state index in [1.165, 1.54) is 0 Å². The van der Waals surface area contributed by atoms with Crippen LogP contribution in [-0.2, 0) is 4.79 Å². The van der Waals surface area contributed by atoms with Gasteiger partial charge < -0.3 is 15.4 Å². The number of rotatable bonds is 7. The highest BCUT2D eigenvalue weighted by Crippen LogP contribution is 2.32. The number of carbonyl (C=O) groups excluding carboxylic acids is 2.